The molecule has 0 atom stereocenters. The van der Waals surface area contributed by atoms with Crippen molar-refractivity contribution in [3.63, 3.8) is 0 Å². The van der Waals surface area contributed by atoms with Crippen molar-refractivity contribution in [3.05, 3.63) is 495 Å². The Bertz CT molecular complexity index is 9420. The third-order valence-electron chi connectivity index (χ3n) is 29.4. The van der Waals surface area contributed by atoms with Gasteiger partial charge >= 0.3 is 0 Å². The summed E-state index contributed by atoms with van der Waals surface area (Å²) in [7, 11) is 0. The van der Waals surface area contributed by atoms with Gasteiger partial charge in [0.2, 0.25) is 0 Å². The van der Waals surface area contributed by atoms with E-state index in [1.807, 2.05) is 0 Å². The van der Waals surface area contributed by atoms with Crippen LogP contribution in [0.3, 0.4) is 0 Å². The monoisotopic (exact) mass is 1770 g/mol. The quantitative estimate of drug-likeness (QED) is 0.101. The van der Waals surface area contributed by atoms with Crippen LogP contribution in [-0.2, 0) is 10.8 Å². The van der Waals surface area contributed by atoms with Gasteiger partial charge in [-0.15, -0.1) is 0 Å². The Hall–Kier alpha value is -17.7. The molecule has 2 aliphatic carbocycles. The molecule has 22 aromatic carbocycles. The number of benzene rings is 22. The van der Waals surface area contributed by atoms with Crippen molar-refractivity contribution >= 4 is 199 Å². The molecule has 28 rings (SSSR count). The Balaban J connectivity index is 0.000000139. The highest BCUT2D eigenvalue weighted by Crippen LogP contribution is 2.56. The van der Waals surface area contributed by atoms with E-state index >= 15 is 0 Å². The first-order valence-electron chi connectivity index (χ1n) is 47.7. The molecule has 4 aromatic heterocycles. The van der Waals surface area contributed by atoms with Gasteiger partial charge in [-0.1, -0.05) is 282 Å². The van der Waals surface area contributed by atoms with Crippen molar-refractivity contribution in [3.8, 4) is 33.6 Å². The lowest BCUT2D eigenvalue weighted by molar-refractivity contribution is 0.660. The fourth-order valence-electron chi connectivity index (χ4n) is 23.1. The van der Waals surface area contributed by atoms with E-state index in [2.05, 4.69) is 530 Å². The van der Waals surface area contributed by atoms with E-state index in [-0.39, 0.29) is 10.8 Å². The second kappa shape index (κ2) is 31.5. The fourth-order valence-corrected chi connectivity index (χ4v) is 23.1. The second-order valence-corrected chi connectivity index (χ2v) is 37.8. The number of anilines is 12. The molecule has 8 nitrogen and oxygen atoms in total. The van der Waals surface area contributed by atoms with Crippen LogP contribution in [0.1, 0.15) is 49.9 Å². The number of hydrogen-bond acceptors (Lipinski definition) is 6. The normalized spacial score (nSPS) is 12.9. The van der Waals surface area contributed by atoms with Gasteiger partial charge in [0, 0.05) is 156 Å². The average molecular weight is 1770 g/mol. The molecule has 2 aliphatic rings. The van der Waals surface area contributed by atoms with E-state index in [0.717, 1.165) is 145 Å². The van der Waals surface area contributed by atoms with Gasteiger partial charge in [0.15, 0.2) is 0 Å². The van der Waals surface area contributed by atoms with Gasteiger partial charge in [-0.25, -0.2) is 0 Å². The molecule has 4 heterocycles. The molecular weight excluding hydrogens is 1680 g/mol. The zero-order chi connectivity index (χ0) is 91.6. The zero-order valence-corrected chi connectivity index (χ0v) is 76.5. The van der Waals surface area contributed by atoms with E-state index in [1.165, 1.54) is 110 Å². The summed E-state index contributed by atoms with van der Waals surface area (Å²) in [5.74, 6) is 0. The smallest absolute Gasteiger partial charge is 0.143 e. The number of aromatic nitrogens is 2. The number of para-hydroxylation sites is 8. The topological polar surface area (TPSA) is 49.1 Å². The molecule has 0 saturated carbocycles. The highest BCUT2D eigenvalue weighted by Gasteiger charge is 2.38. The molecule has 8 heteroatoms. The zero-order valence-electron chi connectivity index (χ0n) is 76.5. The Morgan fingerprint density at radius 3 is 0.804 bits per heavy atom. The largest absolute Gasteiger partial charge is 0.455 e. The summed E-state index contributed by atoms with van der Waals surface area (Å²) >= 11 is 0. The van der Waals surface area contributed by atoms with Crippen LogP contribution >= 0.6 is 0 Å². The van der Waals surface area contributed by atoms with Crippen LogP contribution in [0.25, 0.3) is 164 Å². The summed E-state index contributed by atoms with van der Waals surface area (Å²) in [6.45, 7) is 9.39. The van der Waals surface area contributed by atoms with Crippen molar-refractivity contribution in [2.45, 2.75) is 38.5 Å². The third-order valence-corrected chi connectivity index (χ3v) is 29.4. The summed E-state index contributed by atoms with van der Waals surface area (Å²) < 4.78 is 19.0. The summed E-state index contributed by atoms with van der Waals surface area (Å²) in [5.41, 5.74) is 33.9. The molecule has 0 saturated heterocycles. The van der Waals surface area contributed by atoms with Crippen LogP contribution in [0.2, 0.25) is 0 Å². The Labute approximate surface area is 798 Å². The molecule has 652 valence electrons. The molecule has 0 fully saturated rings. The lowest BCUT2D eigenvalue weighted by atomic mass is 9.82. The lowest BCUT2D eigenvalue weighted by Crippen LogP contribution is -2.16. The van der Waals surface area contributed by atoms with Crippen LogP contribution in [0.4, 0.5) is 68.2 Å². The van der Waals surface area contributed by atoms with Crippen LogP contribution in [-0.4, -0.2) is 9.13 Å². The highest BCUT2D eigenvalue weighted by atomic mass is 16.3. The minimum absolute atomic E-state index is 0.118. The van der Waals surface area contributed by atoms with Gasteiger partial charge < -0.3 is 37.6 Å². The van der Waals surface area contributed by atoms with Gasteiger partial charge in [0.05, 0.1) is 22.1 Å². The van der Waals surface area contributed by atoms with Crippen molar-refractivity contribution in [2.24, 2.45) is 0 Å². The number of nitrogens with zero attached hydrogens (tertiary/aromatic N) is 6. The van der Waals surface area contributed by atoms with E-state index in [9.17, 15) is 0 Å². The first-order chi connectivity index (χ1) is 68.0. The van der Waals surface area contributed by atoms with Crippen LogP contribution in [0.15, 0.2) is 482 Å². The lowest BCUT2D eigenvalue weighted by Gasteiger charge is -2.28. The molecule has 0 bridgehead atoms. The summed E-state index contributed by atoms with van der Waals surface area (Å²) in [4.78, 5) is 9.50. The molecule has 0 spiro atoms. The van der Waals surface area contributed by atoms with E-state index in [4.69, 9.17) is 8.83 Å². The molecule has 0 N–H and O–H groups in total. The van der Waals surface area contributed by atoms with Gasteiger partial charge in [-0.05, 0) is 283 Å². The maximum atomic E-state index is 7.15. The van der Waals surface area contributed by atoms with Crippen LogP contribution in [0, 0.1) is 0 Å². The summed E-state index contributed by atoms with van der Waals surface area (Å²) in [6.07, 6.45) is 0. The number of furan rings is 2. The van der Waals surface area contributed by atoms with Crippen LogP contribution < -0.4 is 19.6 Å². The first-order valence-corrected chi connectivity index (χ1v) is 47.7. The van der Waals surface area contributed by atoms with Crippen molar-refractivity contribution in [2.75, 3.05) is 19.6 Å². The van der Waals surface area contributed by atoms with Crippen molar-refractivity contribution < 1.29 is 8.83 Å². The SMILES string of the molecule is CC1(C)c2ccccc2-c2ccc(N(c3ccccc3)c3ccc4c(c3)c3ccccc3c3c5ccc(N(c6ccccc6)c6ccc7c(c6)c6ccccc6n7-c6ccccc6)cc5oc43)cc21.CC1(C)c2ccccc2-c2ccc(N(c3ccccc3)c3ccc4c(c3)oc3c5ccc(N(c6ccccc6)c6ccc7c(c6)c6ccccc6n7-c6ccccc6)cc5c5ccccc5c43)cc21. The first kappa shape index (κ1) is 80.0. The van der Waals surface area contributed by atoms with Crippen molar-refractivity contribution in [1.82, 2.24) is 9.13 Å². The minimum atomic E-state index is -0.120. The number of rotatable bonds is 14. The molecule has 138 heavy (non-hydrogen) atoms. The van der Waals surface area contributed by atoms with Gasteiger partial charge in [-0.2, -0.15) is 0 Å². The van der Waals surface area contributed by atoms with E-state index in [1.54, 1.807) is 0 Å². The average Bonchev–Trinajstić information content (AvgIpc) is 1.56. The molecule has 0 unspecified atom stereocenters. The second-order valence-electron chi connectivity index (χ2n) is 37.8. The Morgan fingerprint density at radius 2 is 0.435 bits per heavy atom. The van der Waals surface area contributed by atoms with Crippen LogP contribution in [0.5, 0.6) is 0 Å². The maximum Gasteiger partial charge on any atom is 0.143 e. The molecule has 0 aliphatic heterocycles. The predicted molar refractivity (Wildman–Crippen MR) is 580 cm³/mol. The maximum absolute atomic E-state index is 7.15. The Morgan fingerprint density at radius 1 is 0.174 bits per heavy atom. The highest BCUT2D eigenvalue weighted by molar-refractivity contribution is 6.32. The minimum Gasteiger partial charge on any atom is -0.455 e. The fraction of sp³-hybridized carbons (Fsp3) is 0.0462. The van der Waals surface area contributed by atoms with Crippen molar-refractivity contribution in [1.29, 1.82) is 0 Å². The molecule has 26 aromatic rings. The number of fused-ring (bicyclic) bond motifs is 28. The van der Waals surface area contributed by atoms with E-state index < -0.39 is 0 Å². The van der Waals surface area contributed by atoms with Gasteiger partial charge in [0.1, 0.15) is 22.3 Å². The number of hydrogen-bond donors (Lipinski definition) is 0. The standard InChI is InChI=1S/2C65H45N3O/c1-65(2)58-28-16-14-25-50(58)51-34-30-47(40-59(51)65)66(42-18-6-3-7-19-42)45-31-35-54-56(38-45)49-24-12-13-27-53(49)63-55-36-32-48(41-62(55)69-64(54)63)67(43-20-8-4-9-21-43)46-33-37-61-57(39-46)52-26-15-17-29-60(52)68(61)44-22-10-5-11-23-44;1-65(2)58-28-16-14-25-50(58)51-34-30-47(40-59(51)65)67(43-20-8-4-9-21-43)48-32-36-55-62(41-48)69-64-54-35-31-45(38-56(54)49-24-12-13-27-53(49)63(55)64)66(42-18-6-3-7-19-42)46-33-37-61-57(39-46)52-26-15-17-29-60(52)68(61)44-22-10-5-11-23-44/h2*3-41H,1-2H3. The van der Waals surface area contributed by atoms with E-state index in [0.29, 0.717) is 0 Å². The Kier molecular flexibility index (Phi) is 18.2. The molecular formula is C130H90N6O2. The van der Waals surface area contributed by atoms with Gasteiger partial charge in [-0.3, -0.25) is 0 Å². The molecule has 0 radical (unpaired) electrons. The summed E-state index contributed by atoms with van der Waals surface area (Å²) in [6, 6.07) is 172. The molecule has 0 amide bonds. The summed E-state index contributed by atoms with van der Waals surface area (Å²) in [5, 5.41) is 18.5. The van der Waals surface area contributed by atoms with Gasteiger partial charge in [0.25, 0.3) is 0 Å². The predicted octanol–water partition coefficient (Wildman–Crippen LogP) is 36.5. The third kappa shape index (κ3) is 12.5.